The number of esters is 1. The average Bonchev–Trinajstić information content (AvgIpc) is 2.75. The van der Waals surface area contributed by atoms with E-state index in [4.69, 9.17) is 4.74 Å². The summed E-state index contributed by atoms with van der Waals surface area (Å²) in [6.45, 7) is 4.40. The van der Waals surface area contributed by atoms with Gasteiger partial charge in [-0.05, 0) is 32.6 Å². The minimum atomic E-state index is -0.877. The summed E-state index contributed by atoms with van der Waals surface area (Å²) >= 11 is 0. The average molecular weight is 439 g/mol. The maximum absolute atomic E-state index is 11.6. The number of carboxylic acids is 1. The third-order valence-electron chi connectivity index (χ3n) is 5.89. The molecule has 1 unspecified atom stereocenters. The van der Waals surface area contributed by atoms with Crippen molar-refractivity contribution in [2.75, 3.05) is 6.61 Å². The summed E-state index contributed by atoms with van der Waals surface area (Å²) in [5, 5.41) is 9.28. The number of rotatable bonds is 23. The van der Waals surface area contributed by atoms with Gasteiger partial charge in [0.25, 0.3) is 0 Å². The molecule has 0 spiro atoms. The number of hydrogen-bond acceptors (Lipinski definition) is 3. The van der Waals surface area contributed by atoms with Crippen LogP contribution in [0.15, 0.2) is 12.2 Å². The van der Waals surface area contributed by atoms with Crippen molar-refractivity contribution in [2.45, 2.75) is 136 Å². The van der Waals surface area contributed by atoms with E-state index in [9.17, 15) is 14.7 Å². The molecule has 4 heteroatoms. The molecule has 0 heterocycles. The lowest BCUT2D eigenvalue weighted by atomic mass is 9.97. The molecule has 31 heavy (non-hydrogen) atoms. The summed E-state index contributed by atoms with van der Waals surface area (Å²) in [6, 6.07) is 0. The van der Waals surface area contributed by atoms with Crippen LogP contribution in [-0.2, 0) is 14.3 Å². The molecule has 0 amide bonds. The summed E-state index contributed by atoms with van der Waals surface area (Å²) in [5.41, 5.74) is 0. The lowest BCUT2D eigenvalue weighted by Gasteiger charge is -2.11. The minimum Gasteiger partial charge on any atom is -0.481 e. The van der Waals surface area contributed by atoms with Gasteiger partial charge in [0.1, 0.15) is 0 Å². The fourth-order valence-electron chi connectivity index (χ4n) is 3.91. The Labute approximate surface area is 192 Å². The van der Waals surface area contributed by atoms with E-state index < -0.39 is 11.9 Å². The molecular formula is C27H50O4. The van der Waals surface area contributed by atoms with E-state index in [2.05, 4.69) is 19.1 Å². The van der Waals surface area contributed by atoms with Crippen molar-refractivity contribution in [1.29, 1.82) is 0 Å². The zero-order valence-electron chi connectivity index (χ0n) is 20.5. The predicted octanol–water partition coefficient (Wildman–Crippen LogP) is 8.24. The van der Waals surface area contributed by atoms with Crippen LogP contribution in [0.25, 0.3) is 0 Å². The molecule has 0 bridgehead atoms. The van der Waals surface area contributed by atoms with Gasteiger partial charge in [0.2, 0.25) is 0 Å². The monoisotopic (exact) mass is 438 g/mol. The SMILES string of the molecule is C/C=C/CCCCCCCCCCCCCCCCCC(CC(=O)OCCC)C(=O)O. The first-order chi connectivity index (χ1) is 15.1. The van der Waals surface area contributed by atoms with E-state index >= 15 is 0 Å². The zero-order chi connectivity index (χ0) is 23.0. The molecule has 1 N–H and O–H groups in total. The van der Waals surface area contributed by atoms with Crippen molar-refractivity contribution in [3.8, 4) is 0 Å². The van der Waals surface area contributed by atoms with Crippen molar-refractivity contribution in [2.24, 2.45) is 5.92 Å². The highest BCUT2D eigenvalue weighted by Gasteiger charge is 2.21. The zero-order valence-corrected chi connectivity index (χ0v) is 20.5. The van der Waals surface area contributed by atoms with Gasteiger partial charge in [0.15, 0.2) is 0 Å². The third-order valence-corrected chi connectivity index (χ3v) is 5.89. The highest BCUT2D eigenvalue weighted by atomic mass is 16.5. The number of ether oxygens (including phenoxy) is 1. The number of carbonyl (C=O) groups is 2. The molecule has 0 saturated carbocycles. The second-order valence-corrected chi connectivity index (χ2v) is 8.91. The van der Waals surface area contributed by atoms with Crippen LogP contribution < -0.4 is 0 Å². The number of hydrogen-bond donors (Lipinski definition) is 1. The number of unbranched alkanes of at least 4 members (excludes halogenated alkanes) is 15. The molecule has 0 aromatic heterocycles. The van der Waals surface area contributed by atoms with Crippen LogP contribution in [0.2, 0.25) is 0 Å². The Balaban J connectivity index is 3.39. The normalized spacial score (nSPS) is 12.3. The maximum atomic E-state index is 11.6. The lowest BCUT2D eigenvalue weighted by Crippen LogP contribution is -2.19. The standard InChI is InChI=1S/C27H50O4/c1-3-5-6-7-8-9-10-11-12-13-14-15-16-17-18-19-20-21-22-25(27(29)30)24-26(28)31-23-4-2/h3,5,25H,4,6-24H2,1-2H3,(H,29,30)/b5-3+. The molecule has 182 valence electrons. The van der Waals surface area contributed by atoms with E-state index in [1.807, 2.05) is 6.92 Å². The molecule has 0 rings (SSSR count). The van der Waals surface area contributed by atoms with E-state index in [-0.39, 0.29) is 12.4 Å². The number of carboxylic acid groups (broad SMARTS) is 1. The van der Waals surface area contributed by atoms with E-state index in [1.54, 1.807) is 0 Å². The summed E-state index contributed by atoms with van der Waals surface area (Å²) in [7, 11) is 0. The quantitative estimate of drug-likeness (QED) is 0.0991. The van der Waals surface area contributed by atoms with Gasteiger partial charge in [0.05, 0.1) is 18.9 Å². The van der Waals surface area contributed by atoms with Gasteiger partial charge >= 0.3 is 11.9 Å². The van der Waals surface area contributed by atoms with Crippen LogP contribution >= 0.6 is 0 Å². The van der Waals surface area contributed by atoms with E-state index in [1.165, 1.54) is 89.9 Å². The predicted molar refractivity (Wildman–Crippen MR) is 130 cm³/mol. The summed E-state index contributed by atoms with van der Waals surface area (Å²) in [4.78, 5) is 22.9. The van der Waals surface area contributed by atoms with Crippen LogP contribution in [0.1, 0.15) is 136 Å². The molecular weight excluding hydrogens is 388 g/mol. The summed E-state index contributed by atoms with van der Waals surface area (Å²) in [6.07, 6.45) is 26.4. The topological polar surface area (TPSA) is 63.6 Å². The summed E-state index contributed by atoms with van der Waals surface area (Å²) < 4.78 is 5.01. The Kier molecular flexibility index (Phi) is 22.4. The Morgan fingerprint density at radius 1 is 0.774 bits per heavy atom. The molecule has 1 atom stereocenters. The van der Waals surface area contributed by atoms with Crippen molar-refractivity contribution in [3.63, 3.8) is 0 Å². The molecule has 0 radical (unpaired) electrons. The molecule has 0 aliphatic rings. The van der Waals surface area contributed by atoms with Crippen molar-refractivity contribution < 1.29 is 19.4 Å². The Hall–Kier alpha value is -1.32. The van der Waals surface area contributed by atoms with E-state index in [0.717, 1.165) is 19.3 Å². The first kappa shape index (κ1) is 29.7. The van der Waals surface area contributed by atoms with Crippen LogP contribution in [0.4, 0.5) is 0 Å². The molecule has 0 saturated heterocycles. The second kappa shape index (κ2) is 23.3. The van der Waals surface area contributed by atoms with E-state index in [0.29, 0.717) is 13.0 Å². The Morgan fingerprint density at radius 3 is 1.65 bits per heavy atom. The van der Waals surface area contributed by atoms with Gasteiger partial charge in [-0.25, -0.2) is 0 Å². The highest BCUT2D eigenvalue weighted by Crippen LogP contribution is 2.17. The van der Waals surface area contributed by atoms with Gasteiger partial charge in [-0.15, -0.1) is 0 Å². The first-order valence-electron chi connectivity index (χ1n) is 13.1. The minimum absolute atomic E-state index is 0.00584. The smallest absolute Gasteiger partial charge is 0.307 e. The van der Waals surface area contributed by atoms with Crippen LogP contribution in [0, 0.1) is 5.92 Å². The fourth-order valence-corrected chi connectivity index (χ4v) is 3.91. The van der Waals surface area contributed by atoms with Crippen molar-refractivity contribution in [3.05, 3.63) is 12.2 Å². The number of aliphatic carboxylic acids is 1. The Bertz CT molecular complexity index is 445. The molecule has 0 aromatic rings. The van der Waals surface area contributed by atoms with Crippen molar-refractivity contribution in [1.82, 2.24) is 0 Å². The van der Waals surface area contributed by atoms with Crippen molar-refractivity contribution >= 4 is 11.9 Å². The maximum Gasteiger partial charge on any atom is 0.307 e. The Morgan fingerprint density at radius 2 is 1.23 bits per heavy atom. The van der Waals surface area contributed by atoms with Crippen LogP contribution in [0.5, 0.6) is 0 Å². The molecule has 0 fully saturated rings. The molecule has 4 nitrogen and oxygen atoms in total. The lowest BCUT2D eigenvalue weighted by molar-refractivity contribution is -0.151. The fraction of sp³-hybridized carbons (Fsp3) is 0.852. The number of carbonyl (C=O) groups excluding carboxylic acids is 1. The van der Waals surface area contributed by atoms with Gasteiger partial charge in [-0.2, -0.15) is 0 Å². The van der Waals surface area contributed by atoms with Crippen LogP contribution in [-0.4, -0.2) is 23.7 Å². The number of allylic oxidation sites excluding steroid dienone is 2. The third kappa shape index (κ3) is 21.7. The molecule has 0 aliphatic heterocycles. The highest BCUT2D eigenvalue weighted by molar-refractivity contribution is 5.78. The largest absolute Gasteiger partial charge is 0.481 e. The van der Waals surface area contributed by atoms with Gasteiger partial charge in [-0.1, -0.05) is 109 Å². The van der Waals surface area contributed by atoms with Gasteiger partial charge in [0, 0.05) is 0 Å². The first-order valence-corrected chi connectivity index (χ1v) is 13.1. The summed E-state index contributed by atoms with van der Waals surface area (Å²) in [5.74, 6) is -1.85. The molecule has 0 aromatic carbocycles. The van der Waals surface area contributed by atoms with Crippen LogP contribution in [0.3, 0.4) is 0 Å². The van der Waals surface area contributed by atoms with Gasteiger partial charge < -0.3 is 9.84 Å². The molecule has 0 aliphatic carbocycles. The van der Waals surface area contributed by atoms with Gasteiger partial charge in [-0.3, -0.25) is 9.59 Å². The second-order valence-electron chi connectivity index (χ2n) is 8.91.